The van der Waals surface area contributed by atoms with E-state index in [1.54, 1.807) is 30.3 Å². The zero-order valence-electron chi connectivity index (χ0n) is 14.8. The van der Waals surface area contributed by atoms with Gasteiger partial charge >= 0.3 is 0 Å². The lowest BCUT2D eigenvalue weighted by Crippen LogP contribution is -2.28. The van der Waals surface area contributed by atoms with E-state index in [1.807, 2.05) is 6.20 Å². The lowest BCUT2D eigenvalue weighted by molar-refractivity contribution is 0.0868. The van der Waals surface area contributed by atoms with Crippen molar-refractivity contribution in [3.63, 3.8) is 0 Å². The molecule has 0 saturated heterocycles. The first kappa shape index (κ1) is 19.2. The normalized spacial score (nSPS) is 18.3. The Kier molecular flexibility index (Phi) is 6.76. The minimum Gasteiger partial charge on any atom is -0.393 e. The van der Waals surface area contributed by atoms with Crippen LogP contribution in [0.15, 0.2) is 48.7 Å². The van der Waals surface area contributed by atoms with Crippen LogP contribution in [0.25, 0.3) is 0 Å². The maximum absolute atomic E-state index is 14.1. The second-order valence-electron chi connectivity index (χ2n) is 6.74. The van der Waals surface area contributed by atoms with Crippen LogP contribution in [-0.4, -0.2) is 23.6 Å². The molecule has 1 aromatic rings. The summed E-state index contributed by atoms with van der Waals surface area (Å²) in [7, 11) is 0. The quantitative estimate of drug-likeness (QED) is 0.339. The van der Waals surface area contributed by atoms with Gasteiger partial charge in [-0.1, -0.05) is 44.1 Å². The van der Waals surface area contributed by atoms with Crippen LogP contribution in [0.5, 0.6) is 0 Å². The van der Waals surface area contributed by atoms with Crippen LogP contribution in [-0.2, 0) is 5.67 Å². The molecular formula is C20H28FN3O. The highest BCUT2D eigenvalue weighted by molar-refractivity contribution is 6.07. The third-order valence-corrected chi connectivity index (χ3v) is 4.64. The summed E-state index contributed by atoms with van der Waals surface area (Å²) in [6.07, 6.45) is 9.61. The molecule has 1 aliphatic carbocycles. The molecule has 0 radical (unpaired) electrons. The first-order valence-corrected chi connectivity index (χ1v) is 8.81. The molecule has 1 fully saturated rings. The number of alkyl halides is 1. The van der Waals surface area contributed by atoms with Gasteiger partial charge in [-0.25, -0.2) is 4.39 Å². The topological polar surface area (TPSA) is 68.1 Å². The zero-order chi connectivity index (χ0) is 18.3. The van der Waals surface area contributed by atoms with Crippen LogP contribution < -0.4 is 10.6 Å². The van der Waals surface area contributed by atoms with Gasteiger partial charge in [-0.3, -0.25) is 5.41 Å². The molecule has 1 atom stereocenters. The van der Waals surface area contributed by atoms with E-state index < -0.39 is 12.3 Å². The second-order valence-corrected chi connectivity index (χ2v) is 6.74. The fraction of sp³-hybridized carbons (Fsp3) is 0.450. The lowest BCUT2D eigenvalue weighted by atomic mass is 9.95. The summed E-state index contributed by atoms with van der Waals surface area (Å²) in [6, 6.07) is 7.10. The molecule has 0 spiro atoms. The predicted octanol–water partition coefficient (Wildman–Crippen LogP) is 4.24. The first-order chi connectivity index (χ1) is 12.0. The molecule has 25 heavy (non-hydrogen) atoms. The number of hydrogen-bond donors (Lipinski definition) is 4. The van der Waals surface area contributed by atoms with Gasteiger partial charge in [-0.15, -0.1) is 0 Å². The Morgan fingerprint density at radius 2 is 1.96 bits per heavy atom. The molecule has 5 heteroatoms. The monoisotopic (exact) mass is 345 g/mol. The van der Waals surface area contributed by atoms with Crippen molar-refractivity contribution in [1.29, 1.82) is 5.41 Å². The Morgan fingerprint density at radius 3 is 2.52 bits per heavy atom. The number of aliphatic hydroxyl groups excluding tert-OH is 1. The number of rotatable bonds is 7. The third kappa shape index (κ3) is 5.43. The minimum absolute atomic E-state index is 0.233. The molecular weight excluding hydrogens is 317 g/mol. The lowest BCUT2D eigenvalue weighted by Gasteiger charge is -2.22. The Morgan fingerprint density at radius 1 is 1.32 bits per heavy atom. The van der Waals surface area contributed by atoms with E-state index in [-0.39, 0.29) is 5.84 Å². The van der Waals surface area contributed by atoms with Crippen molar-refractivity contribution < 1.29 is 9.50 Å². The van der Waals surface area contributed by atoms with Crippen LogP contribution in [0, 0.1) is 5.41 Å². The van der Waals surface area contributed by atoms with Crippen molar-refractivity contribution in [1.82, 2.24) is 5.32 Å². The van der Waals surface area contributed by atoms with Gasteiger partial charge in [0.2, 0.25) is 0 Å². The van der Waals surface area contributed by atoms with Gasteiger partial charge in [-0.05, 0) is 37.5 Å². The van der Waals surface area contributed by atoms with Gasteiger partial charge in [0, 0.05) is 23.5 Å². The minimum atomic E-state index is -1.76. The molecule has 1 aromatic carbocycles. The van der Waals surface area contributed by atoms with Crippen LogP contribution in [0.1, 0.15) is 44.6 Å². The van der Waals surface area contributed by atoms with E-state index >= 15 is 0 Å². The van der Waals surface area contributed by atoms with Gasteiger partial charge in [0.15, 0.2) is 5.67 Å². The van der Waals surface area contributed by atoms with Gasteiger partial charge in [0.05, 0.1) is 6.61 Å². The van der Waals surface area contributed by atoms with Gasteiger partial charge in [0.25, 0.3) is 0 Å². The van der Waals surface area contributed by atoms with E-state index in [9.17, 15) is 4.39 Å². The van der Waals surface area contributed by atoms with Crippen molar-refractivity contribution in [2.75, 3.05) is 11.9 Å². The van der Waals surface area contributed by atoms with Crippen molar-refractivity contribution in [3.05, 3.63) is 54.3 Å². The van der Waals surface area contributed by atoms with Crippen LogP contribution in [0.3, 0.4) is 0 Å². The number of benzene rings is 1. The van der Waals surface area contributed by atoms with E-state index in [1.165, 1.54) is 26.2 Å². The fourth-order valence-corrected chi connectivity index (χ4v) is 2.92. The average Bonchev–Trinajstić information content (AvgIpc) is 2.63. The number of hydrogen-bond acceptors (Lipinski definition) is 3. The summed E-state index contributed by atoms with van der Waals surface area (Å²) >= 11 is 0. The van der Waals surface area contributed by atoms with Crippen LogP contribution >= 0.6 is 0 Å². The molecule has 1 saturated carbocycles. The molecule has 136 valence electrons. The molecule has 0 amide bonds. The van der Waals surface area contributed by atoms with Crippen LogP contribution in [0.2, 0.25) is 0 Å². The first-order valence-electron chi connectivity index (χ1n) is 8.81. The molecule has 1 unspecified atom stereocenters. The van der Waals surface area contributed by atoms with Crippen molar-refractivity contribution in [3.8, 4) is 0 Å². The van der Waals surface area contributed by atoms with E-state index in [0.717, 1.165) is 12.8 Å². The van der Waals surface area contributed by atoms with Crippen LogP contribution in [0.4, 0.5) is 10.1 Å². The van der Waals surface area contributed by atoms with E-state index in [2.05, 4.69) is 17.2 Å². The predicted molar refractivity (Wildman–Crippen MR) is 102 cm³/mol. The number of halogens is 1. The molecule has 0 heterocycles. The molecule has 0 aliphatic heterocycles. The average molecular weight is 345 g/mol. The maximum atomic E-state index is 14.1. The number of nitrogens with one attached hydrogen (secondary N) is 3. The van der Waals surface area contributed by atoms with Crippen molar-refractivity contribution in [2.24, 2.45) is 0 Å². The fourth-order valence-electron chi connectivity index (χ4n) is 2.92. The summed E-state index contributed by atoms with van der Waals surface area (Å²) in [5, 5.41) is 23.7. The number of aliphatic hydroxyl groups is 1. The summed E-state index contributed by atoms with van der Waals surface area (Å²) in [5.74, 6) is 0.233. The molecule has 0 aromatic heterocycles. The summed E-state index contributed by atoms with van der Waals surface area (Å²) < 4.78 is 14.1. The smallest absolute Gasteiger partial charge is 0.156 e. The molecule has 2 rings (SSSR count). The largest absolute Gasteiger partial charge is 0.393 e. The SMILES string of the molecule is C=C/C(=C/NC1CCCCC1)C(=N)Nc1ccc(C(C)(F)CO)cc1. The van der Waals surface area contributed by atoms with Gasteiger partial charge in [0.1, 0.15) is 5.84 Å². The molecule has 0 bridgehead atoms. The van der Waals surface area contributed by atoms with Crippen molar-refractivity contribution in [2.45, 2.75) is 50.7 Å². The second kappa shape index (κ2) is 8.81. The summed E-state index contributed by atoms with van der Waals surface area (Å²) in [4.78, 5) is 0. The molecule has 4 nitrogen and oxygen atoms in total. The highest BCUT2D eigenvalue weighted by Crippen LogP contribution is 2.26. The zero-order valence-corrected chi connectivity index (χ0v) is 14.8. The Hall–Kier alpha value is -2.14. The van der Waals surface area contributed by atoms with E-state index in [4.69, 9.17) is 10.5 Å². The summed E-state index contributed by atoms with van der Waals surface area (Å²) in [6.45, 7) is 4.55. The Balaban J connectivity index is 1.97. The standard InChI is InChI=1S/C20H28FN3O/c1-3-15(13-23-17-7-5-4-6-8-17)19(22)24-18-11-9-16(10-12-18)20(2,21)14-25/h3,9-13,17,23,25H,1,4-8,14H2,2H3,(H2,22,24)/b15-13-. The number of anilines is 1. The highest BCUT2D eigenvalue weighted by Gasteiger charge is 2.24. The number of amidine groups is 1. The Labute approximate surface area is 149 Å². The Bertz CT molecular complexity index is 616. The third-order valence-electron chi connectivity index (χ3n) is 4.64. The molecule has 4 N–H and O–H groups in total. The van der Waals surface area contributed by atoms with Gasteiger partial charge < -0.3 is 15.7 Å². The van der Waals surface area contributed by atoms with Crippen molar-refractivity contribution >= 4 is 11.5 Å². The van der Waals surface area contributed by atoms with E-state index in [0.29, 0.717) is 22.9 Å². The molecule has 1 aliphatic rings. The highest BCUT2D eigenvalue weighted by atomic mass is 19.1. The van der Waals surface area contributed by atoms with Gasteiger partial charge in [-0.2, -0.15) is 0 Å². The summed E-state index contributed by atoms with van der Waals surface area (Å²) in [5.41, 5.74) is 0.0149. The maximum Gasteiger partial charge on any atom is 0.156 e.